The number of hydrogen-bond acceptors (Lipinski definition) is 2. The fourth-order valence-corrected chi connectivity index (χ4v) is 18.7. The van der Waals surface area contributed by atoms with E-state index in [0.717, 1.165) is 109 Å². The van der Waals surface area contributed by atoms with Gasteiger partial charge < -0.3 is 18.3 Å². The summed E-state index contributed by atoms with van der Waals surface area (Å²) in [5.74, 6) is -0.790. The van der Waals surface area contributed by atoms with Crippen LogP contribution in [-0.2, 0) is 11.1 Å². The van der Waals surface area contributed by atoms with Crippen molar-refractivity contribution in [1.29, 1.82) is 0 Å². The molecule has 0 N–H and O–H groups in total. The molecule has 6 heterocycles. The van der Waals surface area contributed by atoms with E-state index in [2.05, 4.69) is 264 Å². The minimum Gasteiger partial charge on any atom is -0.331 e. The molecule has 0 bridgehead atoms. The Morgan fingerprint density at radius 1 is 0.261 bits per heavy atom. The number of para-hydroxylation sites is 6. The van der Waals surface area contributed by atoms with E-state index >= 15 is 8.78 Å². The molecule has 0 fully saturated rings. The highest BCUT2D eigenvalue weighted by molar-refractivity contribution is 7.26. The van der Waals surface area contributed by atoms with Gasteiger partial charge in [0, 0.05) is 139 Å². The number of rotatable bonds is 8. The molecule has 0 amide bonds. The smallest absolute Gasteiger partial charge is 0.131 e. The molecule has 0 aliphatic carbocycles. The molecule has 0 aliphatic rings. The number of thiophene rings is 2. The van der Waals surface area contributed by atoms with Gasteiger partial charge in [-0.15, -0.1) is 22.7 Å². The van der Waals surface area contributed by atoms with Crippen LogP contribution in [0.15, 0.2) is 267 Å². The van der Waals surface area contributed by atoms with E-state index in [1.807, 2.05) is 35.6 Å². The van der Waals surface area contributed by atoms with E-state index in [0.29, 0.717) is 27.9 Å². The van der Waals surface area contributed by atoms with Crippen LogP contribution in [0.5, 0.6) is 0 Å². The van der Waals surface area contributed by atoms with Gasteiger partial charge in [-0.25, -0.2) is 8.78 Å². The second-order valence-electron chi connectivity index (χ2n) is 25.6. The predicted molar refractivity (Wildman–Crippen MR) is 387 cm³/mol. The average molecular weight is 1220 g/mol. The fraction of sp³-hybridized carbons (Fsp3) is 0.0714. The highest BCUT2D eigenvalue weighted by Crippen LogP contribution is 2.59. The van der Waals surface area contributed by atoms with Gasteiger partial charge >= 0.3 is 0 Å². The number of hydrogen-bond donors (Lipinski definition) is 0. The summed E-state index contributed by atoms with van der Waals surface area (Å²) in [6.07, 6.45) is 0. The zero-order valence-corrected chi connectivity index (χ0v) is 52.4. The van der Waals surface area contributed by atoms with Crippen LogP contribution in [0.3, 0.4) is 0 Å². The molecule has 438 valence electrons. The Labute approximate surface area is 535 Å². The zero-order chi connectivity index (χ0) is 61.5. The second-order valence-corrected chi connectivity index (χ2v) is 27.7. The minimum absolute atomic E-state index is 0.395. The lowest BCUT2D eigenvalue weighted by atomic mass is 9.74. The summed E-state index contributed by atoms with van der Waals surface area (Å²) in [5, 5.41) is 13.5. The summed E-state index contributed by atoms with van der Waals surface area (Å²) in [6.45, 7) is 9.35. The lowest BCUT2D eigenvalue weighted by Crippen LogP contribution is -2.36. The van der Waals surface area contributed by atoms with E-state index in [-0.39, 0.29) is 0 Å². The maximum atomic E-state index is 19.0. The van der Waals surface area contributed by atoms with Gasteiger partial charge in [-0.1, -0.05) is 182 Å². The van der Waals surface area contributed by atoms with Crippen LogP contribution in [0.25, 0.3) is 161 Å². The summed E-state index contributed by atoms with van der Waals surface area (Å²) in [4.78, 5) is 0. The number of benzene rings is 13. The van der Waals surface area contributed by atoms with Crippen molar-refractivity contribution in [3.8, 4) is 33.6 Å². The third-order valence-corrected chi connectivity index (χ3v) is 22.3. The highest BCUT2D eigenvalue weighted by atomic mass is 32.1. The number of aromatic nitrogens is 4. The normalized spacial score (nSPS) is 12.7. The largest absolute Gasteiger partial charge is 0.331 e. The first kappa shape index (κ1) is 53.2. The fourth-order valence-electron chi connectivity index (χ4n) is 16.5. The quantitative estimate of drug-likeness (QED) is 0.144. The second kappa shape index (κ2) is 19.4. The zero-order valence-electron chi connectivity index (χ0n) is 50.8. The summed E-state index contributed by atoms with van der Waals surface area (Å²) < 4.78 is 52.6. The van der Waals surface area contributed by atoms with Crippen molar-refractivity contribution in [2.75, 3.05) is 0 Å². The van der Waals surface area contributed by atoms with E-state index in [4.69, 9.17) is 0 Å². The van der Waals surface area contributed by atoms with Crippen LogP contribution in [0.2, 0.25) is 0 Å². The van der Waals surface area contributed by atoms with E-state index in [9.17, 15) is 0 Å². The molecule has 8 heteroatoms. The summed E-state index contributed by atoms with van der Waals surface area (Å²) >= 11 is 3.60. The third-order valence-electron chi connectivity index (χ3n) is 20.0. The van der Waals surface area contributed by atoms with Crippen LogP contribution >= 0.6 is 22.7 Å². The Hall–Kier alpha value is -10.6. The molecule has 0 saturated carbocycles. The van der Waals surface area contributed by atoms with Crippen LogP contribution < -0.4 is 0 Å². The molecule has 0 radical (unpaired) electrons. The monoisotopic (exact) mass is 1220 g/mol. The van der Waals surface area contributed by atoms with Crippen molar-refractivity contribution < 1.29 is 8.78 Å². The van der Waals surface area contributed by atoms with Crippen molar-refractivity contribution in [2.24, 2.45) is 0 Å². The molecule has 92 heavy (non-hydrogen) atoms. The summed E-state index contributed by atoms with van der Waals surface area (Å²) in [6, 6.07) is 93.6. The summed E-state index contributed by atoms with van der Waals surface area (Å²) in [7, 11) is 0. The molecule has 19 rings (SSSR count). The summed E-state index contributed by atoms with van der Waals surface area (Å²) in [5.41, 5.74) is 11.0. The predicted octanol–water partition coefficient (Wildman–Crippen LogP) is 24.0. The molecule has 6 aromatic heterocycles. The van der Waals surface area contributed by atoms with Gasteiger partial charge in [-0.2, -0.15) is 0 Å². The van der Waals surface area contributed by atoms with Gasteiger partial charge in [0.1, 0.15) is 11.6 Å². The van der Waals surface area contributed by atoms with Gasteiger partial charge in [-0.3, -0.25) is 0 Å². The Morgan fingerprint density at radius 3 is 0.946 bits per heavy atom. The van der Waals surface area contributed by atoms with Gasteiger partial charge in [0.05, 0.1) is 44.5 Å². The Morgan fingerprint density at radius 2 is 0.565 bits per heavy atom. The minimum atomic E-state index is -1.10. The molecular formula is C84H56F2N4S2. The van der Waals surface area contributed by atoms with Gasteiger partial charge in [-0.05, 0) is 113 Å². The van der Waals surface area contributed by atoms with Crippen LogP contribution in [0.4, 0.5) is 8.78 Å². The number of nitrogens with zero attached hydrogens (tertiary/aromatic N) is 4. The molecule has 0 spiro atoms. The van der Waals surface area contributed by atoms with Gasteiger partial charge in [0.25, 0.3) is 0 Å². The Kier molecular flexibility index (Phi) is 11.2. The van der Waals surface area contributed by atoms with E-state index < -0.39 is 22.7 Å². The first-order valence-corrected chi connectivity index (χ1v) is 33.1. The van der Waals surface area contributed by atoms with Crippen LogP contribution in [0, 0.1) is 11.6 Å². The van der Waals surface area contributed by atoms with Crippen molar-refractivity contribution in [1.82, 2.24) is 18.3 Å². The SMILES string of the molecule is CC(C)(c1c(-c2ccccc2F)c(-n2c3ccccc3c3c4c(ccc32)sc2ccccc24)c(-c2ccccc2F)c(C(C)(C)n2c3ccccc3c3ccccc32)c1-n1c2ccccc2c2c3c(ccc21)sc1ccccc13)n1c2ccccc2c2ccccc21. The molecule has 0 saturated heterocycles. The maximum absolute atomic E-state index is 19.0. The molecule has 0 aliphatic heterocycles. The Balaban J connectivity index is 1.16. The Bertz CT molecular complexity index is 6070. The number of fused-ring (bicyclic) bond motifs is 20. The standard InChI is InChI=1S/C84H56F2N4S2/c1-83(2,89-63-39-19-7-25-49(63)50-26-8-20-40-64(50)89)79-77(53-29-5-15-35-59(53)85)81(87-61-37-17-11-31-55(61)73-67(87)45-47-71-75(73)57-33-13-23-43-69(57)91-71)78(54-30-6-16-36-60(54)86)80(84(3,4)90-65-41-21-9-27-51(65)52-28-10-22-42-66(52)90)82(79)88-62-38-18-12-32-56(62)74-68(88)46-48-72-76(74)58-34-14-24-44-70(58)92-72/h5-48H,1-4H3. The molecule has 19 aromatic rings. The van der Waals surface area contributed by atoms with Crippen LogP contribution in [-0.4, -0.2) is 18.3 Å². The maximum Gasteiger partial charge on any atom is 0.131 e. The van der Waals surface area contributed by atoms with E-state index in [1.165, 1.54) is 35.0 Å². The average Bonchev–Trinajstić information content (AvgIpc) is 1.27. The molecule has 0 atom stereocenters. The van der Waals surface area contributed by atoms with Crippen molar-refractivity contribution >= 4 is 150 Å². The number of halogens is 2. The van der Waals surface area contributed by atoms with Crippen molar-refractivity contribution in [3.63, 3.8) is 0 Å². The third kappa shape index (κ3) is 7.13. The molecular weight excluding hydrogens is 1170 g/mol. The van der Waals surface area contributed by atoms with E-state index in [1.54, 1.807) is 35.6 Å². The first-order chi connectivity index (χ1) is 45.1. The lowest BCUT2D eigenvalue weighted by Gasteiger charge is -2.42. The van der Waals surface area contributed by atoms with Gasteiger partial charge in [0.15, 0.2) is 0 Å². The topological polar surface area (TPSA) is 19.7 Å². The van der Waals surface area contributed by atoms with Crippen LogP contribution in [0.1, 0.15) is 38.8 Å². The van der Waals surface area contributed by atoms with Crippen molar-refractivity contribution in [3.05, 3.63) is 290 Å². The first-order valence-electron chi connectivity index (χ1n) is 31.5. The lowest BCUT2D eigenvalue weighted by molar-refractivity contribution is 0.447. The molecule has 4 nitrogen and oxygen atoms in total. The van der Waals surface area contributed by atoms with Crippen molar-refractivity contribution in [2.45, 2.75) is 38.8 Å². The van der Waals surface area contributed by atoms with Gasteiger partial charge in [0.2, 0.25) is 0 Å². The molecule has 0 unspecified atom stereocenters. The highest BCUT2D eigenvalue weighted by Gasteiger charge is 2.45. The molecule has 13 aromatic carbocycles.